The molecule has 1 aromatic carbocycles. The van der Waals surface area contributed by atoms with Gasteiger partial charge in [0.05, 0.1) is 0 Å². The van der Waals surface area contributed by atoms with E-state index in [2.05, 4.69) is 46.0 Å². The monoisotopic (exact) mass is 285 g/mol. The Balaban J connectivity index is 1.56. The smallest absolute Gasteiger partial charge is 0.193 e. The highest BCUT2D eigenvalue weighted by molar-refractivity contribution is 7.09. The molecule has 0 saturated carbocycles. The third-order valence-electron chi connectivity index (χ3n) is 3.59. The zero-order valence-corrected chi connectivity index (χ0v) is 12.2. The van der Waals surface area contributed by atoms with Crippen LogP contribution in [-0.2, 0) is 19.3 Å². The van der Waals surface area contributed by atoms with Crippen molar-refractivity contribution in [2.45, 2.75) is 25.7 Å². The molecule has 0 fully saturated rings. The normalized spacial score (nSPS) is 14.3. The molecular formula is C16H19N3S. The number of rotatable bonds is 4. The summed E-state index contributed by atoms with van der Waals surface area (Å²) in [5.41, 5.74) is 9.90. The number of thiophene rings is 1. The summed E-state index contributed by atoms with van der Waals surface area (Å²) in [6.45, 7) is 0.726. The van der Waals surface area contributed by atoms with Gasteiger partial charge in [-0.25, -0.2) is 0 Å². The summed E-state index contributed by atoms with van der Waals surface area (Å²) in [7, 11) is 0. The Morgan fingerprint density at radius 1 is 1.25 bits per heavy atom. The van der Waals surface area contributed by atoms with Crippen molar-refractivity contribution in [1.29, 1.82) is 0 Å². The number of benzene rings is 1. The van der Waals surface area contributed by atoms with Crippen LogP contribution in [0.2, 0.25) is 0 Å². The number of nitrogens with one attached hydrogen (secondary N) is 1. The maximum Gasteiger partial charge on any atom is 0.193 e. The number of nitrogens with zero attached hydrogens (tertiary/aromatic N) is 1. The molecule has 3 N–H and O–H groups in total. The Labute approximate surface area is 123 Å². The van der Waals surface area contributed by atoms with Crippen molar-refractivity contribution in [1.82, 2.24) is 0 Å². The lowest BCUT2D eigenvalue weighted by molar-refractivity contribution is 0.912. The topological polar surface area (TPSA) is 50.4 Å². The molecule has 0 spiro atoms. The summed E-state index contributed by atoms with van der Waals surface area (Å²) < 4.78 is 0. The van der Waals surface area contributed by atoms with Gasteiger partial charge in [-0.05, 0) is 54.0 Å². The van der Waals surface area contributed by atoms with E-state index in [1.165, 1.54) is 35.3 Å². The van der Waals surface area contributed by atoms with Gasteiger partial charge in [-0.3, -0.25) is 4.99 Å². The first-order valence-corrected chi connectivity index (χ1v) is 7.90. The van der Waals surface area contributed by atoms with Crippen LogP contribution in [0, 0.1) is 0 Å². The fourth-order valence-electron chi connectivity index (χ4n) is 2.58. The maximum absolute atomic E-state index is 5.93. The van der Waals surface area contributed by atoms with E-state index < -0.39 is 0 Å². The third kappa shape index (κ3) is 3.20. The fraction of sp³-hybridized carbons (Fsp3) is 0.312. The number of aryl methyl sites for hydroxylation is 2. The van der Waals surface area contributed by atoms with Crippen LogP contribution in [-0.4, -0.2) is 12.5 Å². The molecule has 1 aliphatic rings. The van der Waals surface area contributed by atoms with Crippen LogP contribution in [0.5, 0.6) is 0 Å². The molecule has 1 aliphatic carbocycles. The molecule has 20 heavy (non-hydrogen) atoms. The highest BCUT2D eigenvalue weighted by Crippen LogP contribution is 2.24. The van der Waals surface area contributed by atoms with Crippen LogP contribution in [0.3, 0.4) is 0 Å². The molecule has 1 aromatic heterocycles. The standard InChI is InChI=1S/C16H19N3S/c17-16(18-9-8-15-5-2-10-20-15)19-14-7-6-12-3-1-4-13(12)11-14/h2,5-7,10-11H,1,3-4,8-9H2,(H3,17,18,19). The van der Waals surface area contributed by atoms with Gasteiger partial charge in [0.25, 0.3) is 0 Å². The molecule has 0 radical (unpaired) electrons. The van der Waals surface area contributed by atoms with Crippen molar-refractivity contribution in [2.24, 2.45) is 10.7 Å². The summed E-state index contributed by atoms with van der Waals surface area (Å²) in [6, 6.07) is 10.7. The van der Waals surface area contributed by atoms with E-state index in [1.54, 1.807) is 11.3 Å². The largest absolute Gasteiger partial charge is 0.370 e. The van der Waals surface area contributed by atoms with Gasteiger partial charge in [0.2, 0.25) is 0 Å². The zero-order valence-electron chi connectivity index (χ0n) is 11.4. The van der Waals surface area contributed by atoms with Gasteiger partial charge in [-0.15, -0.1) is 11.3 Å². The van der Waals surface area contributed by atoms with Crippen LogP contribution in [0.4, 0.5) is 5.69 Å². The molecule has 0 saturated heterocycles. The summed E-state index contributed by atoms with van der Waals surface area (Å²) >= 11 is 1.76. The van der Waals surface area contributed by atoms with Crippen LogP contribution in [0.1, 0.15) is 22.4 Å². The number of hydrogen-bond acceptors (Lipinski definition) is 2. The Kier molecular flexibility index (Phi) is 4.02. The second kappa shape index (κ2) is 6.09. The molecule has 4 heteroatoms. The minimum Gasteiger partial charge on any atom is -0.370 e. The van der Waals surface area contributed by atoms with E-state index in [4.69, 9.17) is 5.73 Å². The van der Waals surface area contributed by atoms with Gasteiger partial charge in [-0.1, -0.05) is 12.1 Å². The Morgan fingerprint density at radius 2 is 2.15 bits per heavy atom. The van der Waals surface area contributed by atoms with Gasteiger partial charge in [0, 0.05) is 23.5 Å². The number of guanidine groups is 1. The Morgan fingerprint density at radius 3 is 3.00 bits per heavy atom. The maximum atomic E-state index is 5.93. The van der Waals surface area contributed by atoms with Crippen LogP contribution < -0.4 is 11.1 Å². The molecule has 0 aliphatic heterocycles. The Hall–Kier alpha value is -1.81. The molecule has 3 nitrogen and oxygen atoms in total. The fourth-order valence-corrected chi connectivity index (χ4v) is 3.28. The summed E-state index contributed by atoms with van der Waals surface area (Å²) in [5.74, 6) is 0.500. The second-order valence-electron chi connectivity index (χ2n) is 5.06. The SMILES string of the molecule is NC(=NCCc1cccs1)Nc1ccc2c(c1)CCC2. The number of nitrogens with two attached hydrogens (primary N) is 1. The number of aliphatic imine (C=N–C) groups is 1. The van der Waals surface area contributed by atoms with E-state index in [-0.39, 0.29) is 0 Å². The lowest BCUT2D eigenvalue weighted by Crippen LogP contribution is -2.23. The molecule has 0 amide bonds. The van der Waals surface area contributed by atoms with E-state index in [9.17, 15) is 0 Å². The zero-order chi connectivity index (χ0) is 13.8. The van der Waals surface area contributed by atoms with Crippen molar-refractivity contribution in [2.75, 3.05) is 11.9 Å². The van der Waals surface area contributed by atoms with Crippen LogP contribution in [0.25, 0.3) is 0 Å². The van der Waals surface area contributed by atoms with E-state index in [0.29, 0.717) is 5.96 Å². The van der Waals surface area contributed by atoms with Crippen molar-refractivity contribution in [3.05, 3.63) is 51.7 Å². The Bertz CT molecular complexity index is 602. The van der Waals surface area contributed by atoms with E-state index >= 15 is 0 Å². The van der Waals surface area contributed by atoms with E-state index in [0.717, 1.165) is 18.7 Å². The lowest BCUT2D eigenvalue weighted by atomic mass is 10.1. The highest BCUT2D eigenvalue weighted by Gasteiger charge is 2.10. The molecule has 0 atom stereocenters. The lowest BCUT2D eigenvalue weighted by Gasteiger charge is -2.07. The van der Waals surface area contributed by atoms with Crippen molar-refractivity contribution < 1.29 is 0 Å². The first kappa shape index (κ1) is 13.2. The van der Waals surface area contributed by atoms with E-state index in [1.807, 2.05) is 0 Å². The molecule has 0 unspecified atom stereocenters. The van der Waals surface area contributed by atoms with Gasteiger partial charge < -0.3 is 11.1 Å². The van der Waals surface area contributed by atoms with Crippen molar-refractivity contribution in [3.8, 4) is 0 Å². The van der Waals surface area contributed by atoms with Crippen molar-refractivity contribution in [3.63, 3.8) is 0 Å². The summed E-state index contributed by atoms with van der Waals surface area (Å²) in [6.07, 6.45) is 4.60. The molecule has 0 bridgehead atoms. The van der Waals surface area contributed by atoms with Gasteiger partial charge in [-0.2, -0.15) is 0 Å². The molecule has 2 aromatic rings. The van der Waals surface area contributed by atoms with Crippen molar-refractivity contribution >= 4 is 23.0 Å². The predicted molar refractivity (Wildman–Crippen MR) is 86.6 cm³/mol. The van der Waals surface area contributed by atoms with Gasteiger partial charge in [0.1, 0.15) is 0 Å². The van der Waals surface area contributed by atoms with Gasteiger partial charge >= 0.3 is 0 Å². The number of hydrogen-bond donors (Lipinski definition) is 2. The molecular weight excluding hydrogens is 266 g/mol. The first-order valence-electron chi connectivity index (χ1n) is 7.02. The van der Waals surface area contributed by atoms with Gasteiger partial charge in [0.15, 0.2) is 5.96 Å². The first-order chi connectivity index (χ1) is 9.81. The molecule has 3 rings (SSSR count). The summed E-state index contributed by atoms with van der Waals surface area (Å²) in [4.78, 5) is 5.72. The quantitative estimate of drug-likeness (QED) is 0.669. The highest BCUT2D eigenvalue weighted by atomic mass is 32.1. The third-order valence-corrected chi connectivity index (χ3v) is 4.53. The minimum atomic E-state index is 0.500. The summed E-state index contributed by atoms with van der Waals surface area (Å²) in [5, 5.41) is 5.27. The average molecular weight is 285 g/mol. The minimum absolute atomic E-state index is 0.500. The molecule has 1 heterocycles. The number of fused-ring (bicyclic) bond motifs is 1. The second-order valence-corrected chi connectivity index (χ2v) is 6.09. The number of anilines is 1. The molecule has 104 valence electrons. The van der Waals surface area contributed by atoms with Crippen LogP contribution in [0.15, 0.2) is 40.7 Å². The average Bonchev–Trinajstić information content (AvgIpc) is 3.08. The van der Waals surface area contributed by atoms with Crippen LogP contribution >= 0.6 is 11.3 Å². The predicted octanol–water partition coefficient (Wildman–Crippen LogP) is 3.21.